The summed E-state index contributed by atoms with van der Waals surface area (Å²) in [5.41, 5.74) is 8.93. The van der Waals surface area contributed by atoms with E-state index < -0.39 is 5.91 Å². The summed E-state index contributed by atoms with van der Waals surface area (Å²) >= 11 is 1.45. The van der Waals surface area contributed by atoms with Crippen molar-refractivity contribution >= 4 is 34.2 Å². The average molecular weight is 477 g/mol. The predicted molar refractivity (Wildman–Crippen MR) is 135 cm³/mol. The van der Waals surface area contributed by atoms with Crippen molar-refractivity contribution in [2.24, 2.45) is 11.7 Å². The fraction of sp³-hybridized carbons (Fsp3) is 0.259. The molecule has 0 radical (unpaired) electrons. The Hall–Kier alpha value is -3.58. The minimum atomic E-state index is -0.498. The SMILES string of the molecule is COc1cc(/C=C/C(=O)Nc2sc3c(c2C(N)=O)CCC(C)C3)ccc1OCc1ccccc1. The molecule has 0 fully saturated rings. The standard InChI is InChI=1S/C27H28N2O4S/c1-17-8-11-20-23(14-17)34-27(25(20)26(28)31)29-24(30)13-10-18-9-12-21(22(15-18)32-2)33-16-19-6-4-3-5-7-19/h3-7,9-10,12-13,15,17H,8,11,14,16H2,1-2H3,(H2,28,31)(H,29,30)/b13-10+. The highest BCUT2D eigenvalue weighted by atomic mass is 32.1. The first-order chi connectivity index (χ1) is 16.4. The Labute approximate surface area is 203 Å². The predicted octanol–water partition coefficient (Wildman–Crippen LogP) is 5.21. The first-order valence-corrected chi connectivity index (χ1v) is 12.0. The number of amides is 2. The molecule has 0 bridgehead atoms. The van der Waals surface area contributed by atoms with Crippen LogP contribution in [-0.4, -0.2) is 18.9 Å². The first kappa shape index (κ1) is 23.6. The highest BCUT2D eigenvalue weighted by molar-refractivity contribution is 7.17. The molecule has 3 N–H and O–H groups in total. The molecule has 4 rings (SSSR count). The van der Waals surface area contributed by atoms with Crippen molar-refractivity contribution in [3.63, 3.8) is 0 Å². The van der Waals surface area contributed by atoms with Gasteiger partial charge in [-0.3, -0.25) is 9.59 Å². The average Bonchev–Trinajstić information content (AvgIpc) is 3.19. The number of nitrogens with two attached hydrogens (primary N) is 1. The van der Waals surface area contributed by atoms with Crippen LogP contribution in [0.1, 0.15) is 45.3 Å². The molecule has 1 unspecified atom stereocenters. The zero-order valence-corrected chi connectivity index (χ0v) is 20.1. The molecule has 3 aromatic rings. The largest absolute Gasteiger partial charge is 0.493 e. The van der Waals surface area contributed by atoms with Gasteiger partial charge in [-0.1, -0.05) is 43.3 Å². The molecule has 2 aromatic carbocycles. The number of ether oxygens (including phenoxy) is 2. The van der Waals surface area contributed by atoms with E-state index in [1.807, 2.05) is 48.5 Å². The number of hydrogen-bond donors (Lipinski definition) is 2. The summed E-state index contributed by atoms with van der Waals surface area (Å²) in [5, 5.41) is 3.38. The summed E-state index contributed by atoms with van der Waals surface area (Å²) in [7, 11) is 1.58. The first-order valence-electron chi connectivity index (χ1n) is 11.2. The van der Waals surface area contributed by atoms with E-state index in [1.54, 1.807) is 13.2 Å². The molecule has 6 nitrogen and oxygen atoms in total. The van der Waals surface area contributed by atoms with Crippen molar-refractivity contribution in [3.05, 3.63) is 81.7 Å². The maximum absolute atomic E-state index is 12.6. The number of rotatable bonds is 8. The second-order valence-electron chi connectivity index (χ2n) is 8.43. The zero-order chi connectivity index (χ0) is 24.1. The van der Waals surface area contributed by atoms with Crippen LogP contribution in [0, 0.1) is 5.92 Å². The topological polar surface area (TPSA) is 90.6 Å². The minimum Gasteiger partial charge on any atom is -0.493 e. The number of carbonyl (C=O) groups excluding carboxylic acids is 2. The van der Waals surface area contributed by atoms with Gasteiger partial charge in [-0.2, -0.15) is 0 Å². The fourth-order valence-corrected chi connectivity index (χ4v) is 5.49. The second kappa shape index (κ2) is 10.6. The van der Waals surface area contributed by atoms with Crippen molar-refractivity contribution in [3.8, 4) is 11.5 Å². The highest BCUT2D eigenvalue weighted by Crippen LogP contribution is 2.39. The lowest BCUT2D eigenvalue weighted by Gasteiger charge is -2.18. The lowest BCUT2D eigenvalue weighted by molar-refractivity contribution is -0.111. The van der Waals surface area contributed by atoms with E-state index >= 15 is 0 Å². The maximum atomic E-state index is 12.6. The monoisotopic (exact) mass is 476 g/mol. The molecule has 1 heterocycles. The zero-order valence-electron chi connectivity index (χ0n) is 19.3. The van der Waals surface area contributed by atoms with E-state index in [-0.39, 0.29) is 5.91 Å². The van der Waals surface area contributed by atoms with Gasteiger partial charge < -0.3 is 20.5 Å². The molecule has 2 amide bonds. The molecule has 34 heavy (non-hydrogen) atoms. The van der Waals surface area contributed by atoms with E-state index in [0.717, 1.165) is 40.8 Å². The number of thiophene rings is 1. The molecule has 0 spiro atoms. The van der Waals surface area contributed by atoms with Gasteiger partial charge in [0, 0.05) is 11.0 Å². The number of nitrogens with one attached hydrogen (secondary N) is 1. The molecule has 1 aliphatic rings. The maximum Gasteiger partial charge on any atom is 0.251 e. The van der Waals surface area contributed by atoms with Crippen molar-refractivity contribution in [2.75, 3.05) is 12.4 Å². The summed E-state index contributed by atoms with van der Waals surface area (Å²) in [5.74, 6) is 0.941. The Morgan fingerprint density at radius 1 is 1.18 bits per heavy atom. The van der Waals surface area contributed by atoms with Crippen molar-refractivity contribution in [2.45, 2.75) is 32.8 Å². The van der Waals surface area contributed by atoms with Gasteiger partial charge in [0.15, 0.2) is 11.5 Å². The number of primary amides is 1. The van der Waals surface area contributed by atoms with Gasteiger partial charge in [-0.25, -0.2) is 0 Å². The van der Waals surface area contributed by atoms with Crippen molar-refractivity contribution in [1.29, 1.82) is 0 Å². The number of anilines is 1. The van der Waals surface area contributed by atoms with Crippen LogP contribution in [0.15, 0.2) is 54.6 Å². The molecule has 0 saturated heterocycles. The molecule has 7 heteroatoms. The smallest absolute Gasteiger partial charge is 0.251 e. The number of hydrogen-bond acceptors (Lipinski definition) is 5. The van der Waals surface area contributed by atoms with Crippen molar-refractivity contribution in [1.82, 2.24) is 0 Å². The van der Waals surface area contributed by atoms with Crippen LogP contribution < -0.4 is 20.5 Å². The van der Waals surface area contributed by atoms with Gasteiger partial charge in [-0.15, -0.1) is 11.3 Å². The third kappa shape index (κ3) is 5.48. The molecule has 1 aliphatic carbocycles. The Kier molecular flexibility index (Phi) is 7.33. The van der Waals surface area contributed by atoms with E-state index in [2.05, 4.69) is 12.2 Å². The van der Waals surface area contributed by atoms with E-state index in [9.17, 15) is 9.59 Å². The van der Waals surface area contributed by atoms with Gasteiger partial charge in [0.1, 0.15) is 11.6 Å². The second-order valence-corrected chi connectivity index (χ2v) is 9.53. The van der Waals surface area contributed by atoms with Crippen LogP contribution in [0.2, 0.25) is 0 Å². The van der Waals surface area contributed by atoms with E-state index in [0.29, 0.717) is 34.6 Å². The highest BCUT2D eigenvalue weighted by Gasteiger charge is 2.26. The van der Waals surface area contributed by atoms with Crippen LogP contribution in [0.4, 0.5) is 5.00 Å². The lowest BCUT2D eigenvalue weighted by atomic mass is 9.88. The van der Waals surface area contributed by atoms with Gasteiger partial charge in [-0.05, 0) is 60.1 Å². The van der Waals surface area contributed by atoms with Gasteiger partial charge in [0.05, 0.1) is 12.7 Å². The molecule has 1 atom stereocenters. The van der Waals surface area contributed by atoms with Crippen molar-refractivity contribution < 1.29 is 19.1 Å². The number of fused-ring (bicyclic) bond motifs is 1. The molecule has 0 aliphatic heterocycles. The summed E-state index contributed by atoms with van der Waals surface area (Å²) < 4.78 is 11.4. The van der Waals surface area contributed by atoms with Crippen LogP contribution in [-0.2, 0) is 24.2 Å². The molecule has 176 valence electrons. The Balaban J connectivity index is 1.44. The molecular weight excluding hydrogens is 448 g/mol. The van der Waals surface area contributed by atoms with Crippen LogP contribution in [0.5, 0.6) is 11.5 Å². The number of benzene rings is 2. The fourth-order valence-electron chi connectivity index (χ4n) is 4.07. The third-order valence-electron chi connectivity index (χ3n) is 5.85. The molecule has 0 saturated carbocycles. The van der Waals surface area contributed by atoms with Crippen LogP contribution in [0.3, 0.4) is 0 Å². The number of methoxy groups -OCH3 is 1. The molecular formula is C27H28N2O4S. The third-order valence-corrected chi connectivity index (χ3v) is 7.02. The normalized spacial score (nSPS) is 15.1. The Bertz CT molecular complexity index is 1220. The summed E-state index contributed by atoms with van der Waals surface area (Å²) in [6.45, 7) is 2.63. The Morgan fingerprint density at radius 2 is 1.97 bits per heavy atom. The van der Waals surface area contributed by atoms with Gasteiger partial charge >= 0.3 is 0 Å². The van der Waals surface area contributed by atoms with Gasteiger partial charge in [0.2, 0.25) is 5.91 Å². The Morgan fingerprint density at radius 3 is 2.71 bits per heavy atom. The molecule has 1 aromatic heterocycles. The van der Waals surface area contributed by atoms with Gasteiger partial charge in [0.25, 0.3) is 5.91 Å². The minimum absolute atomic E-state index is 0.322. The van der Waals surface area contributed by atoms with E-state index in [4.69, 9.17) is 15.2 Å². The summed E-state index contributed by atoms with van der Waals surface area (Å²) in [4.78, 5) is 25.8. The van der Waals surface area contributed by atoms with Crippen LogP contribution >= 0.6 is 11.3 Å². The van der Waals surface area contributed by atoms with E-state index in [1.165, 1.54) is 17.4 Å². The quantitative estimate of drug-likeness (QED) is 0.437. The lowest BCUT2D eigenvalue weighted by Crippen LogP contribution is -2.18. The summed E-state index contributed by atoms with van der Waals surface area (Å²) in [6, 6.07) is 15.4. The van der Waals surface area contributed by atoms with Crippen LogP contribution in [0.25, 0.3) is 6.08 Å². The number of carbonyl (C=O) groups is 2. The summed E-state index contributed by atoms with van der Waals surface area (Å²) in [6.07, 6.45) is 5.87.